The molecule has 0 spiro atoms. The number of nitrogens with two attached hydrogens (primary N) is 2. The second kappa shape index (κ2) is 4.63. The van der Waals surface area contributed by atoms with Crippen LogP contribution in [0.25, 0.3) is 0 Å². The van der Waals surface area contributed by atoms with Crippen LogP contribution in [0, 0.1) is 0 Å². The van der Waals surface area contributed by atoms with E-state index in [4.69, 9.17) is 11.5 Å². The fraction of sp³-hybridized carbons (Fsp3) is 0.400. The number of halogens is 3. The molecular weight excluding hydrogens is 205 g/mol. The Morgan fingerprint density at radius 1 is 1.07 bits per heavy atom. The van der Waals surface area contributed by atoms with E-state index in [2.05, 4.69) is 0 Å². The molecule has 2 nitrogen and oxygen atoms in total. The third kappa shape index (κ3) is 3.53. The van der Waals surface area contributed by atoms with E-state index in [9.17, 15) is 13.2 Å². The SMILES string of the molecule is N[C@H](Cc1ccccc1)[C@H](N)C(F)(F)F. The first-order valence-corrected chi connectivity index (χ1v) is 4.53. The number of hydrogen-bond donors (Lipinski definition) is 2. The Bertz CT molecular complexity index is 297. The zero-order valence-corrected chi connectivity index (χ0v) is 8.04. The van der Waals surface area contributed by atoms with Crippen molar-refractivity contribution in [1.82, 2.24) is 0 Å². The standard InChI is InChI=1S/C10H13F3N2/c11-10(12,13)9(15)8(14)6-7-4-2-1-3-5-7/h1-5,8-9H,6,14-15H2/t8-,9+/m1/s1. The van der Waals surface area contributed by atoms with Crippen LogP contribution >= 0.6 is 0 Å². The van der Waals surface area contributed by atoms with Gasteiger partial charge in [0.25, 0.3) is 0 Å². The number of rotatable bonds is 3. The van der Waals surface area contributed by atoms with Gasteiger partial charge in [0.15, 0.2) is 0 Å². The molecule has 5 heteroatoms. The zero-order valence-electron chi connectivity index (χ0n) is 8.04. The summed E-state index contributed by atoms with van der Waals surface area (Å²) in [7, 11) is 0. The molecule has 1 rings (SSSR count). The van der Waals surface area contributed by atoms with Gasteiger partial charge < -0.3 is 11.5 Å². The van der Waals surface area contributed by atoms with E-state index in [-0.39, 0.29) is 6.42 Å². The van der Waals surface area contributed by atoms with Gasteiger partial charge in [-0.3, -0.25) is 0 Å². The molecule has 15 heavy (non-hydrogen) atoms. The average molecular weight is 218 g/mol. The lowest BCUT2D eigenvalue weighted by Crippen LogP contribution is -2.52. The van der Waals surface area contributed by atoms with Crippen LogP contribution < -0.4 is 11.5 Å². The van der Waals surface area contributed by atoms with Crippen LogP contribution in [0.15, 0.2) is 30.3 Å². The minimum absolute atomic E-state index is 0.127. The summed E-state index contributed by atoms with van der Waals surface area (Å²) in [4.78, 5) is 0. The van der Waals surface area contributed by atoms with Gasteiger partial charge in [0.1, 0.15) is 6.04 Å². The highest BCUT2D eigenvalue weighted by Crippen LogP contribution is 2.21. The normalized spacial score (nSPS) is 16.1. The molecule has 0 aliphatic rings. The molecule has 0 aliphatic heterocycles. The molecule has 84 valence electrons. The van der Waals surface area contributed by atoms with E-state index >= 15 is 0 Å². The van der Waals surface area contributed by atoms with Gasteiger partial charge in [0, 0.05) is 6.04 Å². The topological polar surface area (TPSA) is 52.0 Å². The Morgan fingerprint density at radius 3 is 2.07 bits per heavy atom. The van der Waals surface area contributed by atoms with Gasteiger partial charge in [0.05, 0.1) is 0 Å². The predicted molar refractivity (Wildman–Crippen MR) is 52.2 cm³/mol. The van der Waals surface area contributed by atoms with E-state index in [1.807, 2.05) is 0 Å². The maximum absolute atomic E-state index is 12.2. The summed E-state index contributed by atoms with van der Waals surface area (Å²) in [6.07, 6.45) is -4.31. The first-order valence-electron chi connectivity index (χ1n) is 4.53. The van der Waals surface area contributed by atoms with Gasteiger partial charge in [-0.05, 0) is 12.0 Å². The third-order valence-corrected chi connectivity index (χ3v) is 2.15. The highest BCUT2D eigenvalue weighted by atomic mass is 19.4. The highest BCUT2D eigenvalue weighted by Gasteiger charge is 2.40. The second-order valence-corrected chi connectivity index (χ2v) is 3.42. The van der Waals surface area contributed by atoms with Gasteiger partial charge in [-0.2, -0.15) is 13.2 Å². The van der Waals surface area contributed by atoms with Crippen LogP contribution in [0.1, 0.15) is 5.56 Å². The highest BCUT2D eigenvalue weighted by molar-refractivity contribution is 5.16. The van der Waals surface area contributed by atoms with Crippen molar-refractivity contribution in [2.24, 2.45) is 11.5 Å². The molecule has 0 saturated carbocycles. The minimum Gasteiger partial charge on any atom is -0.326 e. The molecule has 0 radical (unpaired) electrons. The summed E-state index contributed by atoms with van der Waals surface area (Å²) in [5.74, 6) is 0. The summed E-state index contributed by atoms with van der Waals surface area (Å²) in [6, 6.07) is 5.66. The van der Waals surface area contributed by atoms with Crippen molar-refractivity contribution in [1.29, 1.82) is 0 Å². The average Bonchev–Trinajstić information content (AvgIpc) is 2.16. The second-order valence-electron chi connectivity index (χ2n) is 3.42. The first-order chi connectivity index (χ1) is 6.91. The lowest BCUT2D eigenvalue weighted by atomic mass is 10.0. The summed E-state index contributed by atoms with van der Waals surface area (Å²) >= 11 is 0. The van der Waals surface area contributed by atoms with Crippen LogP contribution in [0.4, 0.5) is 13.2 Å². The summed E-state index contributed by atoms with van der Waals surface area (Å²) in [5.41, 5.74) is 11.1. The number of hydrogen-bond acceptors (Lipinski definition) is 2. The molecule has 0 bridgehead atoms. The van der Waals surface area contributed by atoms with Gasteiger partial charge in [-0.25, -0.2) is 0 Å². The van der Waals surface area contributed by atoms with Crippen LogP contribution in [0.3, 0.4) is 0 Å². The Balaban J connectivity index is 2.60. The van der Waals surface area contributed by atoms with Crippen molar-refractivity contribution >= 4 is 0 Å². The third-order valence-electron chi connectivity index (χ3n) is 2.15. The summed E-state index contributed by atoms with van der Waals surface area (Å²) in [5, 5.41) is 0. The molecule has 2 atom stereocenters. The summed E-state index contributed by atoms with van der Waals surface area (Å²) in [6.45, 7) is 0. The van der Waals surface area contributed by atoms with E-state index in [0.717, 1.165) is 5.56 Å². The van der Waals surface area contributed by atoms with Crippen molar-refractivity contribution in [3.05, 3.63) is 35.9 Å². The summed E-state index contributed by atoms with van der Waals surface area (Å²) < 4.78 is 36.6. The molecular formula is C10H13F3N2. The molecule has 0 heterocycles. The van der Waals surface area contributed by atoms with Crippen molar-refractivity contribution in [2.75, 3.05) is 0 Å². The van der Waals surface area contributed by atoms with Gasteiger partial charge in [-0.15, -0.1) is 0 Å². The Morgan fingerprint density at radius 2 is 1.60 bits per heavy atom. The van der Waals surface area contributed by atoms with Crippen LogP contribution in [-0.4, -0.2) is 18.3 Å². The molecule has 1 aromatic carbocycles. The molecule has 0 unspecified atom stereocenters. The Kier molecular flexibility index (Phi) is 3.71. The molecule has 0 fully saturated rings. The monoisotopic (exact) mass is 218 g/mol. The van der Waals surface area contributed by atoms with Gasteiger partial charge in [0.2, 0.25) is 0 Å². The maximum Gasteiger partial charge on any atom is 0.405 e. The smallest absolute Gasteiger partial charge is 0.326 e. The van der Waals surface area contributed by atoms with E-state index in [0.29, 0.717) is 0 Å². The van der Waals surface area contributed by atoms with Crippen molar-refractivity contribution in [2.45, 2.75) is 24.7 Å². The van der Waals surface area contributed by atoms with Crippen molar-refractivity contribution < 1.29 is 13.2 Å². The maximum atomic E-state index is 12.2. The van der Waals surface area contributed by atoms with Crippen LogP contribution in [0.5, 0.6) is 0 Å². The molecule has 4 N–H and O–H groups in total. The fourth-order valence-corrected chi connectivity index (χ4v) is 1.26. The molecule has 0 aliphatic carbocycles. The number of benzene rings is 1. The van der Waals surface area contributed by atoms with Crippen molar-refractivity contribution in [3.63, 3.8) is 0 Å². The molecule has 0 amide bonds. The van der Waals surface area contributed by atoms with E-state index in [1.165, 1.54) is 0 Å². The lowest BCUT2D eigenvalue weighted by Gasteiger charge is -2.22. The largest absolute Gasteiger partial charge is 0.405 e. The minimum atomic E-state index is -4.44. The van der Waals surface area contributed by atoms with Gasteiger partial charge >= 0.3 is 6.18 Å². The van der Waals surface area contributed by atoms with Gasteiger partial charge in [-0.1, -0.05) is 30.3 Å². The quantitative estimate of drug-likeness (QED) is 0.806. The lowest BCUT2D eigenvalue weighted by molar-refractivity contribution is -0.151. The predicted octanol–water partition coefficient (Wildman–Crippen LogP) is 1.45. The van der Waals surface area contributed by atoms with Crippen molar-refractivity contribution in [3.8, 4) is 0 Å². The van der Waals surface area contributed by atoms with Crippen LogP contribution in [-0.2, 0) is 6.42 Å². The molecule has 0 saturated heterocycles. The zero-order chi connectivity index (χ0) is 11.5. The van der Waals surface area contributed by atoms with E-state index in [1.54, 1.807) is 30.3 Å². The van der Waals surface area contributed by atoms with E-state index < -0.39 is 18.3 Å². The molecule has 0 aromatic heterocycles. The molecule has 1 aromatic rings. The Labute approximate surface area is 86.1 Å². The Hall–Kier alpha value is -1.07. The van der Waals surface area contributed by atoms with Crippen LogP contribution in [0.2, 0.25) is 0 Å². The first kappa shape index (κ1) is 12.0. The fourth-order valence-electron chi connectivity index (χ4n) is 1.26. The number of alkyl halides is 3.